The van der Waals surface area contributed by atoms with Gasteiger partial charge in [0.05, 0.1) is 12.1 Å². The lowest BCUT2D eigenvalue weighted by molar-refractivity contribution is -0.137. The molecule has 3 amide bonds. The third-order valence-electron chi connectivity index (χ3n) is 7.91. The van der Waals surface area contributed by atoms with Crippen LogP contribution in [0.3, 0.4) is 0 Å². The Balaban J connectivity index is 1.37. The normalized spacial score (nSPS) is 17.9. The van der Waals surface area contributed by atoms with Gasteiger partial charge >= 0.3 is 12.2 Å². The molecule has 3 aromatic carbocycles. The van der Waals surface area contributed by atoms with Gasteiger partial charge in [-0.1, -0.05) is 72.8 Å². The van der Waals surface area contributed by atoms with Crippen molar-refractivity contribution in [3.63, 3.8) is 0 Å². The van der Waals surface area contributed by atoms with Gasteiger partial charge in [-0.05, 0) is 47.9 Å². The lowest BCUT2D eigenvalue weighted by Gasteiger charge is -2.43. The molecule has 0 spiro atoms. The van der Waals surface area contributed by atoms with Gasteiger partial charge in [0.2, 0.25) is 0 Å². The van der Waals surface area contributed by atoms with E-state index in [-0.39, 0.29) is 29.8 Å². The van der Waals surface area contributed by atoms with E-state index >= 15 is 0 Å². The van der Waals surface area contributed by atoms with E-state index in [4.69, 9.17) is 5.21 Å². The summed E-state index contributed by atoms with van der Waals surface area (Å²) in [4.78, 5) is 31.1. The maximum atomic E-state index is 14.0. The number of alkyl halides is 3. The molecule has 3 aromatic rings. The SMILES string of the molecule is O=C(NO)c1ccc(CN(C(=O)N2CCN(C(c3ccccc3)C3C=CC=CC3)CC2)c2cccc(C(F)(F)F)c2)cc1. The van der Waals surface area contributed by atoms with Crippen LogP contribution in [0.15, 0.2) is 103 Å². The van der Waals surface area contributed by atoms with E-state index in [2.05, 4.69) is 35.3 Å². The van der Waals surface area contributed by atoms with E-state index < -0.39 is 23.7 Å². The van der Waals surface area contributed by atoms with Gasteiger partial charge in [0.25, 0.3) is 5.91 Å². The second kappa shape index (κ2) is 13.3. The minimum Gasteiger partial charge on any atom is -0.322 e. The van der Waals surface area contributed by atoms with Gasteiger partial charge in [0.15, 0.2) is 0 Å². The number of hydroxylamine groups is 1. The number of halogens is 3. The zero-order valence-corrected chi connectivity index (χ0v) is 23.5. The maximum absolute atomic E-state index is 14.0. The molecule has 1 heterocycles. The monoisotopic (exact) mass is 590 g/mol. The molecule has 224 valence electrons. The number of urea groups is 1. The van der Waals surface area contributed by atoms with Gasteiger partial charge < -0.3 is 4.90 Å². The summed E-state index contributed by atoms with van der Waals surface area (Å²) in [7, 11) is 0. The lowest BCUT2D eigenvalue weighted by Crippen LogP contribution is -2.54. The number of carbonyl (C=O) groups excluding carboxylic acids is 2. The van der Waals surface area contributed by atoms with E-state index in [0.29, 0.717) is 31.7 Å². The van der Waals surface area contributed by atoms with Crippen LogP contribution >= 0.6 is 0 Å². The zero-order valence-electron chi connectivity index (χ0n) is 23.5. The van der Waals surface area contributed by atoms with E-state index in [0.717, 1.165) is 18.6 Å². The van der Waals surface area contributed by atoms with E-state index in [1.54, 1.807) is 22.5 Å². The number of piperazine rings is 1. The molecular formula is C33H33F3N4O3. The summed E-state index contributed by atoms with van der Waals surface area (Å²) in [6.07, 6.45) is 4.85. The number of benzene rings is 3. The predicted octanol–water partition coefficient (Wildman–Crippen LogP) is 6.44. The number of hydrogen-bond donors (Lipinski definition) is 2. The van der Waals surface area contributed by atoms with Crippen LogP contribution in [-0.2, 0) is 12.7 Å². The van der Waals surface area contributed by atoms with Crippen molar-refractivity contribution >= 4 is 17.6 Å². The van der Waals surface area contributed by atoms with Gasteiger partial charge in [-0.15, -0.1) is 0 Å². The molecule has 0 saturated carbocycles. The van der Waals surface area contributed by atoms with Crippen molar-refractivity contribution in [2.45, 2.75) is 25.2 Å². The first-order valence-corrected chi connectivity index (χ1v) is 14.1. The van der Waals surface area contributed by atoms with E-state index in [1.807, 2.05) is 24.3 Å². The maximum Gasteiger partial charge on any atom is 0.416 e. The molecule has 1 aliphatic heterocycles. The molecular weight excluding hydrogens is 557 g/mol. The van der Waals surface area contributed by atoms with Crippen LogP contribution in [0.1, 0.15) is 39.5 Å². The standard InChI is InChI=1S/C33H33F3N4O3/c34-33(35,36)28-12-7-13-29(22-28)40(23-24-14-16-27(17-15-24)31(41)37-43)32(42)39-20-18-38(19-21-39)30(25-8-3-1-4-9-25)26-10-5-2-6-11-26/h1-10,12-17,22,26,30,43H,11,18-21,23H2,(H,37,41). The van der Waals surface area contributed by atoms with Crippen molar-refractivity contribution in [2.24, 2.45) is 5.92 Å². The fraction of sp³-hybridized carbons (Fsp3) is 0.273. The van der Waals surface area contributed by atoms with Crippen LogP contribution in [0, 0.1) is 5.92 Å². The summed E-state index contributed by atoms with van der Waals surface area (Å²) in [6.45, 7) is 2.05. The molecule has 10 heteroatoms. The molecule has 43 heavy (non-hydrogen) atoms. The van der Waals surface area contributed by atoms with Crippen molar-refractivity contribution < 1.29 is 28.0 Å². The Kier molecular flexibility index (Phi) is 9.27. The third-order valence-corrected chi connectivity index (χ3v) is 7.91. The Morgan fingerprint density at radius 1 is 0.930 bits per heavy atom. The van der Waals surface area contributed by atoms with Crippen LogP contribution in [0.25, 0.3) is 0 Å². The largest absolute Gasteiger partial charge is 0.416 e. The quantitative estimate of drug-likeness (QED) is 0.245. The highest BCUT2D eigenvalue weighted by Gasteiger charge is 2.34. The fourth-order valence-corrected chi connectivity index (χ4v) is 5.70. The van der Waals surface area contributed by atoms with Crippen LogP contribution in [-0.4, -0.2) is 53.1 Å². The van der Waals surface area contributed by atoms with E-state index in [1.165, 1.54) is 34.7 Å². The Labute approximate surface area is 248 Å². The predicted molar refractivity (Wildman–Crippen MR) is 157 cm³/mol. The number of amides is 3. The zero-order chi connectivity index (χ0) is 30.4. The molecule has 1 saturated heterocycles. The molecule has 5 rings (SSSR count). The second-order valence-corrected chi connectivity index (χ2v) is 10.6. The minimum absolute atomic E-state index is 0.00672. The molecule has 7 nitrogen and oxygen atoms in total. The van der Waals surface area contributed by atoms with E-state index in [9.17, 15) is 22.8 Å². The first-order valence-electron chi connectivity index (χ1n) is 14.1. The molecule has 1 fully saturated rings. The van der Waals surface area contributed by atoms with Gasteiger partial charge in [-0.25, -0.2) is 10.3 Å². The summed E-state index contributed by atoms with van der Waals surface area (Å²) in [6, 6.07) is 20.9. The highest BCUT2D eigenvalue weighted by atomic mass is 19.4. The van der Waals surface area contributed by atoms with Crippen molar-refractivity contribution in [3.05, 3.63) is 125 Å². The molecule has 0 bridgehead atoms. The molecule has 2 unspecified atom stereocenters. The number of allylic oxidation sites excluding steroid dienone is 3. The minimum atomic E-state index is -4.56. The number of carbonyl (C=O) groups is 2. The molecule has 0 aromatic heterocycles. The van der Waals surface area contributed by atoms with Crippen molar-refractivity contribution in [2.75, 3.05) is 31.1 Å². The summed E-state index contributed by atoms with van der Waals surface area (Å²) < 4.78 is 40.8. The van der Waals surface area contributed by atoms with Crippen LogP contribution in [0.4, 0.5) is 23.7 Å². The summed E-state index contributed by atoms with van der Waals surface area (Å²) >= 11 is 0. The average molecular weight is 591 g/mol. The fourth-order valence-electron chi connectivity index (χ4n) is 5.70. The first kappa shape index (κ1) is 30.1. The average Bonchev–Trinajstić information content (AvgIpc) is 3.04. The Bertz CT molecular complexity index is 1470. The van der Waals surface area contributed by atoms with Gasteiger partial charge in [-0.3, -0.25) is 19.8 Å². The van der Waals surface area contributed by atoms with Crippen LogP contribution in [0.2, 0.25) is 0 Å². The van der Waals surface area contributed by atoms with Crippen molar-refractivity contribution in [1.29, 1.82) is 0 Å². The van der Waals surface area contributed by atoms with Gasteiger partial charge in [-0.2, -0.15) is 13.2 Å². The molecule has 2 N–H and O–H groups in total. The topological polar surface area (TPSA) is 76.1 Å². The summed E-state index contributed by atoms with van der Waals surface area (Å²) in [5, 5.41) is 8.89. The number of hydrogen-bond acceptors (Lipinski definition) is 4. The number of nitrogens with zero attached hydrogens (tertiary/aromatic N) is 3. The molecule has 1 aliphatic carbocycles. The van der Waals surface area contributed by atoms with Gasteiger partial charge in [0.1, 0.15) is 0 Å². The smallest absolute Gasteiger partial charge is 0.322 e. The number of nitrogens with one attached hydrogen (secondary N) is 1. The third kappa shape index (κ3) is 7.15. The Hall–Kier alpha value is -4.41. The Morgan fingerprint density at radius 2 is 1.65 bits per heavy atom. The van der Waals surface area contributed by atoms with Crippen LogP contribution < -0.4 is 10.4 Å². The van der Waals surface area contributed by atoms with Gasteiger partial charge in [0, 0.05) is 49.4 Å². The van der Waals surface area contributed by atoms with Crippen molar-refractivity contribution in [1.82, 2.24) is 15.3 Å². The first-order chi connectivity index (χ1) is 20.7. The Morgan fingerprint density at radius 3 is 2.28 bits per heavy atom. The lowest BCUT2D eigenvalue weighted by atomic mass is 9.86. The highest BCUT2D eigenvalue weighted by Crippen LogP contribution is 2.35. The van der Waals surface area contributed by atoms with Crippen LogP contribution in [0.5, 0.6) is 0 Å². The number of rotatable bonds is 7. The molecule has 0 radical (unpaired) electrons. The molecule has 2 atom stereocenters. The second-order valence-electron chi connectivity index (χ2n) is 10.6. The van der Waals surface area contributed by atoms with Crippen molar-refractivity contribution in [3.8, 4) is 0 Å². The number of anilines is 1. The summed E-state index contributed by atoms with van der Waals surface area (Å²) in [5.41, 5.74) is 2.87. The molecule has 2 aliphatic rings. The highest BCUT2D eigenvalue weighted by molar-refractivity contribution is 5.94. The summed E-state index contributed by atoms with van der Waals surface area (Å²) in [5.74, 6) is -0.407.